The van der Waals surface area contributed by atoms with Crippen LogP contribution in [0.3, 0.4) is 0 Å². The Bertz CT molecular complexity index is 488. The molecule has 2 aromatic heterocycles. The number of hydrogen-bond acceptors (Lipinski definition) is 2. The summed E-state index contributed by atoms with van der Waals surface area (Å²) in [7, 11) is 0. The molecule has 0 spiro atoms. The maximum atomic E-state index is 12.3. The fraction of sp³-hybridized carbons (Fsp3) is 0.143. The highest BCUT2D eigenvalue weighted by molar-refractivity contribution is 5.36. The van der Waals surface area contributed by atoms with E-state index in [-0.39, 0.29) is 5.65 Å². The zero-order chi connectivity index (χ0) is 9.42. The van der Waals surface area contributed by atoms with Gasteiger partial charge in [-0.3, -0.25) is 4.79 Å². The van der Waals surface area contributed by atoms with Gasteiger partial charge in [0, 0.05) is 12.1 Å². The number of nitrogens with zero attached hydrogens (tertiary/aromatic N) is 2. The van der Waals surface area contributed by atoms with Gasteiger partial charge in [-0.05, 0) is 0 Å². The molecule has 0 unspecified atom stereocenters. The van der Waals surface area contributed by atoms with E-state index in [1.54, 1.807) is 0 Å². The summed E-state index contributed by atoms with van der Waals surface area (Å²) in [5, 5.41) is 3.65. The van der Waals surface area contributed by atoms with Crippen LogP contribution in [0.2, 0.25) is 0 Å². The largest absolute Gasteiger partial charge is 0.307 e. The SMILES string of the molecule is O=c1cc(C(F)F)n2nccc2[nH]1. The average molecular weight is 185 g/mol. The maximum absolute atomic E-state index is 12.3. The predicted molar refractivity (Wildman–Crippen MR) is 40.8 cm³/mol. The number of nitrogens with one attached hydrogen (secondary N) is 1. The lowest BCUT2D eigenvalue weighted by Gasteiger charge is -2.01. The van der Waals surface area contributed by atoms with Crippen molar-refractivity contribution in [3.8, 4) is 0 Å². The van der Waals surface area contributed by atoms with Crippen molar-refractivity contribution in [1.29, 1.82) is 0 Å². The fourth-order valence-corrected chi connectivity index (χ4v) is 1.12. The molecule has 0 aliphatic heterocycles. The molecule has 0 saturated heterocycles. The second-order valence-corrected chi connectivity index (χ2v) is 2.49. The summed E-state index contributed by atoms with van der Waals surface area (Å²) in [6.45, 7) is 0. The van der Waals surface area contributed by atoms with Crippen LogP contribution in [0.1, 0.15) is 12.1 Å². The van der Waals surface area contributed by atoms with Gasteiger partial charge >= 0.3 is 0 Å². The summed E-state index contributed by atoms with van der Waals surface area (Å²) >= 11 is 0. The molecule has 0 aliphatic rings. The van der Waals surface area contributed by atoms with Crippen molar-refractivity contribution in [3.05, 3.63) is 34.4 Å². The molecule has 0 atom stereocenters. The van der Waals surface area contributed by atoms with Crippen LogP contribution in [-0.4, -0.2) is 14.6 Å². The zero-order valence-corrected chi connectivity index (χ0v) is 6.37. The van der Waals surface area contributed by atoms with Gasteiger partial charge in [-0.15, -0.1) is 0 Å². The van der Waals surface area contributed by atoms with E-state index in [0.29, 0.717) is 0 Å². The minimum Gasteiger partial charge on any atom is -0.307 e. The van der Waals surface area contributed by atoms with Crippen LogP contribution in [0.15, 0.2) is 23.1 Å². The first-order valence-corrected chi connectivity index (χ1v) is 3.53. The van der Waals surface area contributed by atoms with Crippen LogP contribution in [0.25, 0.3) is 5.65 Å². The van der Waals surface area contributed by atoms with Gasteiger partial charge in [-0.25, -0.2) is 13.3 Å². The van der Waals surface area contributed by atoms with Crippen molar-refractivity contribution < 1.29 is 8.78 Å². The van der Waals surface area contributed by atoms with E-state index in [0.717, 1.165) is 10.6 Å². The number of halogens is 2. The fourth-order valence-electron chi connectivity index (χ4n) is 1.12. The Morgan fingerprint density at radius 1 is 1.54 bits per heavy atom. The molecule has 68 valence electrons. The summed E-state index contributed by atoms with van der Waals surface area (Å²) < 4.78 is 25.7. The van der Waals surface area contributed by atoms with Crippen LogP contribution in [0.5, 0.6) is 0 Å². The van der Waals surface area contributed by atoms with Crippen molar-refractivity contribution in [3.63, 3.8) is 0 Å². The van der Waals surface area contributed by atoms with Crippen molar-refractivity contribution in [2.45, 2.75) is 6.43 Å². The minimum absolute atomic E-state index is 0.266. The van der Waals surface area contributed by atoms with E-state index in [2.05, 4.69) is 10.1 Å². The first-order chi connectivity index (χ1) is 6.18. The standard InChI is InChI=1S/C7H5F2N3O/c8-7(9)4-3-6(13)11-5-1-2-10-12(4)5/h1-3,7H,(H,11,13). The number of hydrogen-bond donors (Lipinski definition) is 1. The molecule has 4 nitrogen and oxygen atoms in total. The highest BCUT2D eigenvalue weighted by Crippen LogP contribution is 2.16. The van der Waals surface area contributed by atoms with Gasteiger partial charge in [-0.1, -0.05) is 0 Å². The molecule has 0 amide bonds. The van der Waals surface area contributed by atoms with E-state index in [1.807, 2.05) is 0 Å². The third-order valence-electron chi connectivity index (χ3n) is 1.64. The summed E-state index contributed by atoms with van der Waals surface area (Å²) in [6.07, 6.45) is -1.36. The number of alkyl halides is 2. The lowest BCUT2D eigenvalue weighted by atomic mass is 10.4. The Kier molecular flexibility index (Phi) is 1.61. The van der Waals surface area contributed by atoms with Gasteiger partial charge in [-0.2, -0.15) is 5.10 Å². The molecular formula is C7H5F2N3O. The molecule has 0 aromatic carbocycles. The molecule has 0 fully saturated rings. The van der Waals surface area contributed by atoms with E-state index >= 15 is 0 Å². The highest BCUT2D eigenvalue weighted by atomic mass is 19.3. The van der Waals surface area contributed by atoms with E-state index in [1.165, 1.54) is 12.3 Å². The number of rotatable bonds is 1. The molecule has 2 aromatic rings. The van der Waals surface area contributed by atoms with Crippen LogP contribution >= 0.6 is 0 Å². The van der Waals surface area contributed by atoms with E-state index in [9.17, 15) is 13.6 Å². The molecule has 2 rings (SSSR count). The third-order valence-corrected chi connectivity index (χ3v) is 1.64. The van der Waals surface area contributed by atoms with Gasteiger partial charge < -0.3 is 4.98 Å². The van der Waals surface area contributed by atoms with Crippen molar-refractivity contribution >= 4 is 5.65 Å². The molecule has 0 bridgehead atoms. The first-order valence-electron chi connectivity index (χ1n) is 3.53. The normalized spacial score (nSPS) is 11.3. The topological polar surface area (TPSA) is 50.2 Å². The second-order valence-electron chi connectivity index (χ2n) is 2.49. The predicted octanol–water partition coefficient (Wildman–Crippen LogP) is 0.960. The summed E-state index contributed by atoms with van der Waals surface area (Å²) in [4.78, 5) is 13.3. The Morgan fingerprint density at radius 2 is 2.31 bits per heavy atom. The van der Waals surface area contributed by atoms with Crippen LogP contribution < -0.4 is 5.56 Å². The number of fused-ring (bicyclic) bond motifs is 1. The Labute approximate surface area is 70.8 Å². The zero-order valence-electron chi connectivity index (χ0n) is 6.37. The molecule has 1 N–H and O–H groups in total. The number of aromatic nitrogens is 3. The smallest absolute Gasteiger partial charge is 0.280 e. The molecule has 0 aliphatic carbocycles. The van der Waals surface area contributed by atoms with Gasteiger partial charge in [0.1, 0.15) is 11.3 Å². The molecule has 13 heavy (non-hydrogen) atoms. The Morgan fingerprint density at radius 3 is 3.00 bits per heavy atom. The molecule has 2 heterocycles. The van der Waals surface area contributed by atoms with Gasteiger partial charge in [0.2, 0.25) is 0 Å². The summed E-state index contributed by atoms with van der Waals surface area (Å²) in [5.41, 5.74) is -0.685. The number of H-pyrrole nitrogens is 1. The van der Waals surface area contributed by atoms with E-state index in [4.69, 9.17) is 0 Å². The maximum Gasteiger partial charge on any atom is 0.280 e. The van der Waals surface area contributed by atoms with Gasteiger partial charge in [0.15, 0.2) is 0 Å². The quantitative estimate of drug-likeness (QED) is 0.719. The molecule has 0 radical (unpaired) electrons. The summed E-state index contributed by atoms with van der Waals surface area (Å²) in [5.74, 6) is 0. The van der Waals surface area contributed by atoms with Crippen molar-refractivity contribution in [1.82, 2.24) is 14.6 Å². The number of aromatic amines is 1. The van der Waals surface area contributed by atoms with Crippen LogP contribution in [0.4, 0.5) is 8.78 Å². The van der Waals surface area contributed by atoms with Crippen molar-refractivity contribution in [2.24, 2.45) is 0 Å². The third kappa shape index (κ3) is 1.20. The highest BCUT2D eigenvalue weighted by Gasteiger charge is 2.13. The van der Waals surface area contributed by atoms with Gasteiger partial charge in [0.25, 0.3) is 12.0 Å². The van der Waals surface area contributed by atoms with E-state index < -0.39 is 17.7 Å². The second kappa shape index (κ2) is 2.65. The molecular weight excluding hydrogens is 180 g/mol. The Balaban J connectivity index is 2.85. The minimum atomic E-state index is -2.70. The van der Waals surface area contributed by atoms with Gasteiger partial charge in [0.05, 0.1) is 6.20 Å². The molecule has 0 saturated carbocycles. The lowest BCUT2D eigenvalue weighted by Crippen LogP contribution is -2.11. The average Bonchev–Trinajstić information content (AvgIpc) is 2.49. The van der Waals surface area contributed by atoms with Crippen molar-refractivity contribution in [2.75, 3.05) is 0 Å². The molecule has 6 heteroatoms. The lowest BCUT2D eigenvalue weighted by molar-refractivity contribution is 0.143. The van der Waals surface area contributed by atoms with Crippen LogP contribution in [-0.2, 0) is 0 Å². The first kappa shape index (κ1) is 7.90. The monoisotopic (exact) mass is 185 g/mol. The Hall–Kier alpha value is -1.72. The van der Waals surface area contributed by atoms with Crippen LogP contribution in [0, 0.1) is 0 Å². The summed E-state index contributed by atoms with van der Waals surface area (Å²) in [6, 6.07) is 2.29.